The summed E-state index contributed by atoms with van der Waals surface area (Å²) in [6.45, 7) is 2.18. The van der Waals surface area contributed by atoms with E-state index in [0.717, 1.165) is 31.9 Å². The summed E-state index contributed by atoms with van der Waals surface area (Å²) in [4.78, 5) is 18.1. The van der Waals surface area contributed by atoms with E-state index >= 15 is 0 Å². The van der Waals surface area contributed by atoms with E-state index in [2.05, 4.69) is 22.2 Å². The molecule has 1 saturated carbocycles. The highest BCUT2D eigenvalue weighted by Gasteiger charge is 2.24. The maximum Gasteiger partial charge on any atom is 0.329 e. The van der Waals surface area contributed by atoms with Gasteiger partial charge in [0.05, 0.1) is 4.92 Å². The zero-order chi connectivity index (χ0) is 13.8. The van der Waals surface area contributed by atoms with Crippen molar-refractivity contribution in [1.82, 2.24) is 9.97 Å². The zero-order valence-electron chi connectivity index (χ0n) is 11.0. The summed E-state index contributed by atoms with van der Waals surface area (Å²) >= 11 is 0. The number of nitrogens with one attached hydrogen (secondary N) is 1. The fourth-order valence-electron chi connectivity index (χ4n) is 2.62. The lowest BCUT2D eigenvalue weighted by Crippen LogP contribution is -2.28. The predicted molar refractivity (Wildman–Crippen MR) is 72.8 cm³/mol. The maximum atomic E-state index is 10.9. The Morgan fingerprint density at radius 1 is 1.58 bits per heavy atom. The van der Waals surface area contributed by atoms with Crippen LogP contribution < -0.4 is 11.1 Å². The van der Waals surface area contributed by atoms with Crippen LogP contribution in [0.15, 0.2) is 6.20 Å². The molecule has 0 saturated heterocycles. The molecule has 7 nitrogen and oxygen atoms in total. The number of hydrogen-bond acceptors (Lipinski definition) is 6. The number of nitrogen functional groups attached to an aromatic ring is 1. The van der Waals surface area contributed by atoms with Crippen molar-refractivity contribution in [3.8, 4) is 0 Å². The lowest BCUT2D eigenvalue weighted by Gasteiger charge is -2.29. The van der Waals surface area contributed by atoms with Gasteiger partial charge in [0, 0.05) is 6.04 Å². The number of nitro groups is 1. The van der Waals surface area contributed by atoms with E-state index in [9.17, 15) is 10.1 Å². The third-order valence-electron chi connectivity index (χ3n) is 3.69. The quantitative estimate of drug-likeness (QED) is 0.639. The Bertz CT molecular complexity index is 465. The first-order valence-electron chi connectivity index (χ1n) is 6.63. The van der Waals surface area contributed by atoms with Crippen LogP contribution in [0.3, 0.4) is 0 Å². The monoisotopic (exact) mass is 265 g/mol. The molecule has 1 heterocycles. The number of nitrogens with zero attached hydrogens (tertiary/aromatic N) is 3. The number of aromatic nitrogens is 2. The number of nitrogens with two attached hydrogens (primary N) is 1. The van der Waals surface area contributed by atoms with Gasteiger partial charge in [0.15, 0.2) is 0 Å². The second kappa shape index (κ2) is 5.81. The van der Waals surface area contributed by atoms with Crippen molar-refractivity contribution in [1.29, 1.82) is 0 Å². The molecule has 0 spiro atoms. The van der Waals surface area contributed by atoms with Crippen molar-refractivity contribution in [2.75, 3.05) is 11.1 Å². The van der Waals surface area contributed by atoms with Gasteiger partial charge in [-0.2, -0.15) is 4.98 Å². The van der Waals surface area contributed by atoms with Crippen LogP contribution in [-0.4, -0.2) is 20.9 Å². The van der Waals surface area contributed by atoms with Crippen LogP contribution in [0.2, 0.25) is 0 Å². The second-order valence-corrected chi connectivity index (χ2v) is 5.00. The molecule has 2 rings (SSSR count). The van der Waals surface area contributed by atoms with Crippen LogP contribution in [0.25, 0.3) is 0 Å². The molecule has 104 valence electrons. The zero-order valence-corrected chi connectivity index (χ0v) is 11.0. The lowest BCUT2D eigenvalue weighted by atomic mass is 9.84. The SMILES string of the molecule is CCC1CCCC(Nc2nc(N)ncc2[N+](=O)[O-])C1. The smallest absolute Gasteiger partial charge is 0.329 e. The first kappa shape index (κ1) is 13.5. The highest BCUT2D eigenvalue weighted by molar-refractivity contribution is 5.56. The molecule has 1 aromatic rings. The molecular formula is C12H19N5O2. The molecule has 0 aromatic carbocycles. The van der Waals surface area contributed by atoms with Gasteiger partial charge in [-0.15, -0.1) is 0 Å². The van der Waals surface area contributed by atoms with Gasteiger partial charge in [-0.05, 0) is 18.8 Å². The van der Waals surface area contributed by atoms with E-state index in [-0.39, 0.29) is 23.5 Å². The number of anilines is 2. The molecule has 3 N–H and O–H groups in total. The molecule has 1 fully saturated rings. The molecule has 1 aliphatic carbocycles. The first-order valence-corrected chi connectivity index (χ1v) is 6.63. The second-order valence-electron chi connectivity index (χ2n) is 5.00. The highest BCUT2D eigenvalue weighted by atomic mass is 16.6. The molecule has 19 heavy (non-hydrogen) atoms. The van der Waals surface area contributed by atoms with Crippen molar-refractivity contribution in [3.05, 3.63) is 16.3 Å². The van der Waals surface area contributed by atoms with E-state index in [1.165, 1.54) is 6.42 Å². The third-order valence-corrected chi connectivity index (χ3v) is 3.69. The van der Waals surface area contributed by atoms with Gasteiger partial charge in [0.25, 0.3) is 0 Å². The minimum Gasteiger partial charge on any atom is -0.368 e. The fraction of sp³-hybridized carbons (Fsp3) is 0.667. The summed E-state index contributed by atoms with van der Waals surface area (Å²) in [5, 5.41) is 14.1. The van der Waals surface area contributed by atoms with Gasteiger partial charge in [-0.25, -0.2) is 4.98 Å². The van der Waals surface area contributed by atoms with Crippen molar-refractivity contribution < 1.29 is 4.92 Å². The minimum absolute atomic E-state index is 0.0518. The van der Waals surface area contributed by atoms with Gasteiger partial charge >= 0.3 is 5.69 Å². The normalized spacial score (nSPS) is 23.0. The van der Waals surface area contributed by atoms with E-state index in [1.54, 1.807) is 0 Å². The Balaban J connectivity index is 2.13. The summed E-state index contributed by atoms with van der Waals surface area (Å²) in [6, 6.07) is 0.228. The van der Waals surface area contributed by atoms with Crippen LogP contribution in [0.1, 0.15) is 39.0 Å². The largest absolute Gasteiger partial charge is 0.368 e. The molecule has 0 aliphatic heterocycles. The molecule has 1 aromatic heterocycles. The van der Waals surface area contributed by atoms with Crippen molar-refractivity contribution in [3.63, 3.8) is 0 Å². The Kier molecular flexibility index (Phi) is 4.13. The van der Waals surface area contributed by atoms with E-state index in [4.69, 9.17) is 5.73 Å². The minimum atomic E-state index is -0.484. The number of rotatable bonds is 4. The average molecular weight is 265 g/mol. The molecule has 0 amide bonds. The molecule has 0 bridgehead atoms. The standard InChI is InChI=1S/C12H19N5O2/c1-2-8-4-3-5-9(6-8)15-11-10(17(18)19)7-14-12(13)16-11/h7-9H,2-6H2,1H3,(H3,13,14,15,16). The molecule has 2 unspecified atom stereocenters. The van der Waals surface area contributed by atoms with Crippen LogP contribution >= 0.6 is 0 Å². The van der Waals surface area contributed by atoms with Crippen LogP contribution in [0.4, 0.5) is 17.5 Å². The summed E-state index contributed by atoms with van der Waals surface area (Å²) in [5.41, 5.74) is 5.38. The molecule has 1 aliphatic rings. The van der Waals surface area contributed by atoms with Crippen molar-refractivity contribution in [2.45, 2.75) is 45.1 Å². The summed E-state index contributed by atoms with van der Waals surface area (Å²) in [6.07, 6.45) is 6.72. The molecular weight excluding hydrogens is 246 g/mol. The van der Waals surface area contributed by atoms with Gasteiger partial charge in [0.1, 0.15) is 6.20 Å². The molecule has 2 atom stereocenters. The van der Waals surface area contributed by atoms with Gasteiger partial charge < -0.3 is 11.1 Å². The highest BCUT2D eigenvalue weighted by Crippen LogP contribution is 2.30. The maximum absolute atomic E-state index is 10.9. The van der Waals surface area contributed by atoms with Crippen LogP contribution in [-0.2, 0) is 0 Å². The summed E-state index contributed by atoms with van der Waals surface area (Å²) in [5.74, 6) is 0.972. The Morgan fingerprint density at radius 2 is 2.37 bits per heavy atom. The fourth-order valence-corrected chi connectivity index (χ4v) is 2.62. The Labute approximate surface area is 111 Å². The van der Waals surface area contributed by atoms with Crippen molar-refractivity contribution in [2.24, 2.45) is 5.92 Å². The van der Waals surface area contributed by atoms with E-state index in [1.807, 2.05) is 0 Å². The Morgan fingerprint density at radius 3 is 3.05 bits per heavy atom. The molecule has 7 heteroatoms. The summed E-state index contributed by atoms with van der Waals surface area (Å²) in [7, 11) is 0. The molecule has 0 radical (unpaired) electrons. The van der Waals surface area contributed by atoms with Gasteiger partial charge in [0.2, 0.25) is 11.8 Å². The van der Waals surface area contributed by atoms with Gasteiger partial charge in [-0.3, -0.25) is 10.1 Å². The van der Waals surface area contributed by atoms with E-state index in [0.29, 0.717) is 5.92 Å². The van der Waals surface area contributed by atoms with E-state index < -0.39 is 4.92 Å². The first-order chi connectivity index (χ1) is 9.10. The van der Waals surface area contributed by atoms with Crippen LogP contribution in [0, 0.1) is 16.0 Å². The van der Waals surface area contributed by atoms with Crippen molar-refractivity contribution >= 4 is 17.5 Å². The lowest BCUT2D eigenvalue weighted by molar-refractivity contribution is -0.384. The predicted octanol–water partition coefficient (Wildman–Crippen LogP) is 2.35. The number of hydrogen-bond donors (Lipinski definition) is 2. The topological polar surface area (TPSA) is 107 Å². The van der Waals surface area contributed by atoms with Crippen LogP contribution in [0.5, 0.6) is 0 Å². The van der Waals surface area contributed by atoms with Gasteiger partial charge in [-0.1, -0.05) is 26.2 Å². The third kappa shape index (κ3) is 3.30. The average Bonchev–Trinajstić information content (AvgIpc) is 2.38. The Hall–Kier alpha value is -1.92. The summed E-state index contributed by atoms with van der Waals surface area (Å²) < 4.78 is 0.